The molecule has 4 nitrogen and oxygen atoms in total. The van der Waals surface area contributed by atoms with E-state index in [1.54, 1.807) is 6.92 Å². The number of carbonyl (C=O) groups is 2. The molecule has 16 heavy (non-hydrogen) atoms. The van der Waals surface area contributed by atoms with Crippen LogP contribution in [0.3, 0.4) is 0 Å². The first kappa shape index (κ1) is 11.1. The Balaban J connectivity index is 2.18. The molecule has 1 aliphatic carbocycles. The number of alkyl halides is 1. The monoisotopic (exact) mass is 227 g/mol. The molecule has 0 aromatic carbocycles. The number of allylic oxidation sites excluding steroid dienone is 1. The molecule has 0 unspecified atom stereocenters. The van der Waals surface area contributed by atoms with Crippen molar-refractivity contribution < 1.29 is 18.7 Å². The van der Waals surface area contributed by atoms with Gasteiger partial charge in [0, 0.05) is 19.4 Å². The number of nitrogens with zero attached hydrogens (tertiary/aromatic N) is 1. The first-order valence-electron chi connectivity index (χ1n) is 5.41. The molecule has 1 heterocycles. The Bertz CT molecular complexity index is 355. The van der Waals surface area contributed by atoms with E-state index < -0.39 is 17.8 Å². The number of halogens is 1. The van der Waals surface area contributed by atoms with Gasteiger partial charge in [0.1, 0.15) is 0 Å². The summed E-state index contributed by atoms with van der Waals surface area (Å²) in [5, 5.41) is 0. The summed E-state index contributed by atoms with van der Waals surface area (Å²) in [7, 11) is 0. The van der Waals surface area contributed by atoms with Gasteiger partial charge in [-0.2, -0.15) is 0 Å². The van der Waals surface area contributed by atoms with Gasteiger partial charge in [0.25, 0.3) is 0 Å². The normalized spacial score (nSPS) is 32.8. The molecule has 1 saturated heterocycles. The summed E-state index contributed by atoms with van der Waals surface area (Å²) in [4.78, 5) is 24.1. The van der Waals surface area contributed by atoms with E-state index in [0.717, 1.165) is 0 Å². The molecule has 88 valence electrons. The topological polar surface area (TPSA) is 46.6 Å². The standard InChI is InChI=1S/C11H14FNO3/c1-2-16-10(15)13-6-5-11(12)4-3-8(14)7-9(11)13/h3-4,9H,2,5-7H2,1H3/t9-,11+/m1/s1. The largest absolute Gasteiger partial charge is 0.450 e. The summed E-state index contributed by atoms with van der Waals surface area (Å²) in [6, 6.07) is -0.691. The fourth-order valence-electron chi connectivity index (χ4n) is 2.26. The van der Waals surface area contributed by atoms with Crippen molar-refractivity contribution in [3.05, 3.63) is 12.2 Å². The van der Waals surface area contributed by atoms with Gasteiger partial charge in [0.2, 0.25) is 0 Å². The van der Waals surface area contributed by atoms with Crippen LogP contribution in [0.2, 0.25) is 0 Å². The SMILES string of the molecule is CCOC(=O)N1CC[C@@]2(F)C=CC(=O)C[C@@H]12. The van der Waals surface area contributed by atoms with Gasteiger partial charge in [-0.05, 0) is 19.1 Å². The smallest absolute Gasteiger partial charge is 0.410 e. The van der Waals surface area contributed by atoms with Crippen LogP contribution >= 0.6 is 0 Å². The maximum Gasteiger partial charge on any atom is 0.410 e. The molecule has 1 amide bonds. The number of fused-ring (bicyclic) bond motifs is 1. The Kier molecular flexibility index (Phi) is 2.69. The molecule has 2 aliphatic rings. The van der Waals surface area contributed by atoms with Crippen molar-refractivity contribution in [3.63, 3.8) is 0 Å². The molecule has 0 N–H and O–H groups in total. The minimum absolute atomic E-state index is 0.0474. The van der Waals surface area contributed by atoms with Crippen LogP contribution in [0, 0.1) is 0 Å². The number of rotatable bonds is 1. The number of carbonyl (C=O) groups excluding carboxylic acids is 2. The highest BCUT2D eigenvalue weighted by Gasteiger charge is 2.51. The summed E-state index contributed by atoms with van der Waals surface area (Å²) in [5.41, 5.74) is -1.55. The van der Waals surface area contributed by atoms with E-state index >= 15 is 0 Å². The van der Waals surface area contributed by atoms with Gasteiger partial charge in [0.15, 0.2) is 11.5 Å². The predicted molar refractivity (Wildman–Crippen MR) is 54.7 cm³/mol. The van der Waals surface area contributed by atoms with Gasteiger partial charge in [-0.1, -0.05) is 0 Å². The van der Waals surface area contributed by atoms with Gasteiger partial charge in [0.05, 0.1) is 12.6 Å². The molecule has 1 aliphatic heterocycles. The van der Waals surface area contributed by atoms with E-state index in [0.29, 0.717) is 6.54 Å². The van der Waals surface area contributed by atoms with Crippen LogP contribution in [0.1, 0.15) is 19.8 Å². The lowest BCUT2D eigenvalue weighted by Gasteiger charge is -2.31. The first-order chi connectivity index (χ1) is 7.57. The van der Waals surface area contributed by atoms with Crippen molar-refractivity contribution in [2.45, 2.75) is 31.5 Å². The predicted octanol–water partition coefficient (Wildman–Crippen LogP) is 1.45. The lowest BCUT2D eigenvalue weighted by molar-refractivity contribution is -0.116. The fourth-order valence-corrected chi connectivity index (χ4v) is 2.26. The summed E-state index contributed by atoms with van der Waals surface area (Å²) < 4.78 is 19.1. The molecule has 0 aromatic rings. The molecular weight excluding hydrogens is 213 g/mol. The Morgan fingerprint density at radius 1 is 1.75 bits per heavy atom. The zero-order valence-electron chi connectivity index (χ0n) is 9.11. The molecule has 0 spiro atoms. The third kappa shape index (κ3) is 1.70. The highest BCUT2D eigenvalue weighted by atomic mass is 19.1. The van der Waals surface area contributed by atoms with Gasteiger partial charge in [-0.15, -0.1) is 0 Å². The van der Waals surface area contributed by atoms with Crippen molar-refractivity contribution in [1.29, 1.82) is 0 Å². The van der Waals surface area contributed by atoms with Crippen LogP contribution in [0.25, 0.3) is 0 Å². The highest BCUT2D eigenvalue weighted by Crippen LogP contribution is 2.38. The second-order valence-electron chi connectivity index (χ2n) is 4.09. The van der Waals surface area contributed by atoms with E-state index in [-0.39, 0.29) is 25.2 Å². The molecule has 0 saturated carbocycles. The Labute approximate surface area is 93.0 Å². The number of likely N-dealkylation sites (tertiary alicyclic amines) is 1. The van der Waals surface area contributed by atoms with Crippen LogP contribution in [-0.4, -0.2) is 41.6 Å². The summed E-state index contributed by atoms with van der Waals surface area (Å²) in [6.45, 7) is 2.26. The number of hydrogen-bond donors (Lipinski definition) is 0. The van der Waals surface area contributed by atoms with E-state index in [1.165, 1.54) is 17.1 Å². The third-order valence-electron chi connectivity index (χ3n) is 3.11. The molecule has 0 aromatic heterocycles. The van der Waals surface area contributed by atoms with Crippen molar-refractivity contribution in [1.82, 2.24) is 4.90 Å². The number of hydrogen-bond acceptors (Lipinski definition) is 3. The van der Waals surface area contributed by atoms with Gasteiger partial charge < -0.3 is 9.64 Å². The van der Waals surface area contributed by atoms with Crippen molar-refractivity contribution >= 4 is 11.9 Å². The van der Waals surface area contributed by atoms with E-state index in [2.05, 4.69) is 0 Å². The molecular formula is C11H14FNO3. The van der Waals surface area contributed by atoms with E-state index in [1.807, 2.05) is 0 Å². The minimum Gasteiger partial charge on any atom is -0.450 e. The quantitative estimate of drug-likeness (QED) is 0.681. The summed E-state index contributed by atoms with van der Waals surface area (Å²) in [5.74, 6) is -0.144. The highest BCUT2D eigenvalue weighted by molar-refractivity contribution is 5.92. The molecule has 0 radical (unpaired) electrons. The average Bonchev–Trinajstić information content (AvgIpc) is 2.56. The van der Waals surface area contributed by atoms with Gasteiger partial charge in [-0.25, -0.2) is 9.18 Å². The van der Waals surface area contributed by atoms with Crippen molar-refractivity contribution in [3.8, 4) is 0 Å². The van der Waals surface area contributed by atoms with Gasteiger partial charge in [-0.3, -0.25) is 4.79 Å². The van der Waals surface area contributed by atoms with Crippen LogP contribution in [-0.2, 0) is 9.53 Å². The summed E-state index contributed by atoms with van der Waals surface area (Å²) in [6.07, 6.45) is 2.30. The van der Waals surface area contributed by atoms with E-state index in [4.69, 9.17) is 4.74 Å². The number of ketones is 1. The molecule has 1 fully saturated rings. The van der Waals surface area contributed by atoms with Gasteiger partial charge >= 0.3 is 6.09 Å². The van der Waals surface area contributed by atoms with Crippen LogP contribution in [0.15, 0.2) is 12.2 Å². The van der Waals surface area contributed by atoms with Crippen molar-refractivity contribution in [2.75, 3.05) is 13.2 Å². The van der Waals surface area contributed by atoms with Crippen molar-refractivity contribution in [2.24, 2.45) is 0 Å². The summed E-state index contributed by atoms with van der Waals surface area (Å²) >= 11 is 0. The Morgan fingerprint density at radius 3 is 3.19 bits per heavy atom. The zero-order chi connectivity index (χ0) is 11.8. The maximum atomic E-state index is 14.3. The number of ether oxygens (including phenoxy) is 1. The Morgan fingerprint density at radius 2 is 2.50 bits per heavy atom. The lowest BCUT2D eigenvalue weighted by atomic mass is 9.87. The zero-order valence-corrected chi connectivity index (χ0v) is 9.11. The second kappa shape index (κ2) is 3.88. The molecule has 0 bridgehead atoms. The number of amides is 1. The Hall–Kier alpha value is -1.39. The lowest BCUT2D eigenvalue weighted by Crippen LogP contribution is -2.46. The molecule has 5 heteroatoms. The second-order valence-corrected chi connectivity index (χ2v) is 4.09. The fraction of sp³-hybridized carbons (Fsp3) is 0.636. The maximum absolute atomic E-state index is 14.3. The minimum atomic E-state index is -1.55. The molecule has 2 atom stereocenters. The molecule has 2 rings (SSSR count). The van der Waals surface area contributed by atoms with E-state index in [9.17, 15) is 14.0 Å². The van der Waals surface area contributed by atoms with Crippen LogP contribution in [0.5, 0.6) is 0 Å². The average molecular weight is 227 g/mol. The van der Waals surface area contributed by atoms with Crippen LogP contribution < -0.4 is 0 Å². The third-order valence-corrected chi connectivity index (χ3v) is 3.11. The first-order valence-corrected chi connectivity index (χ1v) is 5.41. The van der Waals surface area contributed by atoms with Crippen LogP contribution in [0.4, 0.5) is 9.18 Å².